The van der Waals surface area contributed by atoms with Crippen LogP contribution in [-0.4, -0.2) is 20.6 Å². The van der Waals surface area contributed by atoms with Crippen molar-refractivity contribution in [1.82, 2.24) is 9.55 Å². The minimum absolute atomic E-state index is 0.114. The van der Waals surface area contributed by atoms with E-state index in [1.54, 1.807) is 4.57 Å². The first kappa shape index (κ1) is 8.03. The number of aromatic nitrogens is 2. The summed E-state index contributed by atoms with van der Waals surface area (Å²) in [5, 5.41) is 10.3. The number of ether oxygens (including phenoxy) is 1. The van der Waals surface area contributed by atoms with Crippen LogP contribution in [0.4, 0.5) is 5.82 Å². The van der Waals surface area contributed by atoms with E-state index in [-0.39, 0.29) is 11.9 Å². The SMILES string of the molecule is CCC1Cn2cc([N+](=O)[O-])nc2O1. The third-order valence-corrected chi connectivity index (χ3v) is 2.04. The standard InChI is InChI=1S/C7H9N3O3/c1-2-5-3-9-4-6(10(11)12)8-7(9)13-5/h4-5H,2-3H2,1H3. The van der Waals surface area contributed by atoms with Crippen molar-refractivity contribution in [3.63, 3.8) is 0 Å². The highest BCUT2D eigenvalue weighted by Crippen LogP contribution is 2.25. The van der Waals surface area contributed by atoms with E-state index in [0.717, 1.165) is 6.42 Å². The van der Waals surface area contributed by atoms with Crippen LogP contribution in [0.1, 0.15) is 13.3 Å². The summed E-state index contributed by atoms with van der Waals surface area (Å²) in [5.41, 5.74) is 0. The minimum atomic E-state index is -0.518. The molecule has 0 fully saturated rings. The van der Waals surface area contributed by atoms with Gasteiger partial charge in [0.05, 0.1) is 6.54 Å². The molecule has 0 aliphatic carbocycles. The van der Waals surface area contributed by atoms with E-state index in [0.29, 0.717) is 12.6 Å². The average molecular weight is 183 g/mol. The van der Waals surface area contributed by atoms with Gasteiger partial charge in [-0.2, -0.15) is 0 Å². The molecule has 13 heavy (non-hydrogen) atoms. The van der Waals surface area contributed by atoms with Crippen molar-refractivity contribution >= 4 is 5.82 Å². The van der Waals surface area contributed by atoms with Gasteiger partial charge in [0.2, 0.25) is 0 Å². The summed E-state index contributed by atoms with van der Waals surface area (Å²) in [7, 11) is 0. The number of nitrogens with zero attached hydrogens (tertiary/aromatic N) is 3. The van der Waals surface area contributed by atoms with Crippen molar-refractivity contribution in [2.24, 2.45) is 0 Å². The van der Waals surface area contributed by atoms with E-state index >= 15 is 0 Å². The lowest BCUT2D eigenvalue weighted by Crippen LogP contribution is -2.12. The normalized spacial score (nSPS) is 19.6. The van der Waals surface area contributed by atoms with Crippen LogP contribution in [0.3, 0.4) is 0 Å². The molecular formula is C7H9N3O3. The van der Waals surface area contributed by atoms with Crippen molar-refractivity contribution < 1.29 is 9.66 Å². The third kappa shape index (κ3) is 1.24. The van der Waals surface area contributed by atoms with E-state index in [9.17, 15) is 10.1 Å². The Kier molecular flexibility index (Phi) is 1.68. The van der Waals surface area contributed by atoms with Crippen molar-refractivity contribution in [1.29, 1.82) is 0 Å². The highest BCUT2D eigenvalue weighted by Gasteiger charge is 2.29. The van der Waals surface area contributed by atoms with E-state index < -0.39 is 4.92 Å². The van der Waals surface area contributed by atoms with Gasteiger partial charge in [-0.1, -0.05) is 6.92 Å². The predicted molar refractivity (Wildman–Crippen MR) is 43.6 cm³/mol. The van der Waals surface area contributed by atoms with Gasteiger partial charge in [-0.3, -0.25) is 4.57 Å². The van der Waals surface area contributed by atoms with Gasteiger partial charge >= 0.3 is 11.8 Å². The third-order valence-electron chi connectivity index (χ3n) is 2.04. The van der Waals surface area contributed by atoms with Crippen LogP contribution < -0.4 is 4.74 Å². The molecule has 6 heteroatoms. The number of hydrogen-bond acceptors (Lipinski definition) is 4. The van der Waals surface area contributed by atoms with Crippen LogP contribution in [-0.2, 0) is 6.54 Å². The lowest BCUT2D eigenvalue weighted by atomic mass is 10.3. The van der Waals surface area contributed by atoms with Crippen LogP contribution in [0.15, 0.2) is 6.20 Å². The number of rotatable bonds is 2. The molecule has 0 saturated heterocycles. The molecule has 1 aromatic rings. The zero-order valence-corrected chi connectivity index (χ0v) is 7.14. The van der Waals surface area contributed by atoms with Gasteiger partial charge in [0.1, 0.15) is 12.3 Å². The fourth-order valence-corrected chi connectivity index (χ4v) is 1.32. The molecule has 0 amide bonds. The maximum absolute atomic E-state index is 10.3. The lowest BCUT2D eigenvalue weighted by molar-refractivity contribution is -0.389. The summed E-state index contributed by atoms with van der Waals surface area (Å²) in [5.74, 6) is -0.149. The molecule has 70 valence electrons. The molecule has 1 aromatic heterocycles. The zero-order valence-electron chi connectivity index (χ0n) is 7.14. The molecule has 1 atom stereocenters. The maximum Gasteiger partial charge on any atom is 0.414 e. The first-order valence-corrected chi connectivity index (χ1v) is 4.09. The first-order valence-electron chi connectivity index (χ1n) is 4.09. The molecule has 0 aromatic carbocycles. The molecule has 0 bridgehead atoms. The van der Waals surface area contributed by atoms with Crippen LogP contribution >= 0.6 is 0 Å². The van der Waals surface area contributed by atoms with E-state index in [4.69, 9.17) is 4.74 Å². The highest BCUT2D eigenvalue weighted by atomic mass is 16.6. The molecule has 1 unspecified atom stereocenters. The molecule has 0 radical (unpaired) electrons. The summed E-state index contributed by atoms with van der Waals surface area (Å²) in [6, 6.07) is 0.360. The molecule has 0 spiro atoms. The van der Waals surface area contributed by atoms with Crippen molar-refractivity contribution in [2.75, 3.05) is 0 Å². The Labute approximate surface area is 74.3 Å². The van der Waals surface area contributed by atoms with Crippen LogP contribution in [0.25, 0.3) is 0 Å². The van der Waals surface area contributed by atoms with Gasteiger partial charge < -0.3 is 14.9 Å². The highest BCUT2D eigenvalue weighted by molar-refractivity contribution is 5.22. The fourth-order valence-electron chi connectivity index (χ4n) is 1.32. The molecule has 2 heterocycles. The minimum Gasteiger partial charge on any atom is -0.441 e. The Morgan fingerprint density at radius 3 is 3.23 bits per heavy atom. The largest absolute Gasteiger partial charge is 0.441 e. The molecule has 1 aliphatic heterocycles. The molecule has 1 aliphatic rings. The second-order valence-corrected chi connectivity index (χ2v) is 2.94. The second kappa shape index (κ2) is 2.72. The first-order chi connectivity index (χ1) is 6.20. The molecular weight excluding hydrogens is 174 g/mol. The van der Waals surface area contributed by atoms with Crippen LogP contribution in [0, 0.1) is 10.1 Å². The van der Waals surface area contributed by atoms with Crippen LogP contribution in [0.2, 0.25) is 0 Å². The molecule has 0 saturated carbocycles. The zero-order chi connectivity index (χ0) is 9.42. The van der Waals surface area contributed by atoms with Crippen LogP contribution in [0.5, 0.6) is 6.01 Å². The fraction of sp³-hybridized carbons (Fsp3) is 0.571. The van der Waals surface area contributed by atoms with Gasteiger partial charge in [0, 0.05) is 4.98 Å². The number of nitro groups is 1. The summed E-state index contributed by atoms with van der Waals surface area (Å²) in [6.45, 7) is 2.66. The summed E-state index contributed by atoms with van der Waals surface area (Å²) in [6.07, 6.45) is 2.41. The summed E-state index contributed by atoms with van der Waals surface area (Å²) < 4.78 is 7.01. The van der Waals surface area contributed by atoms with Crippen molar-refractivity contribution in [3.05, 3.63) is 16.3 Å². The Bertz CT molecular complexity index is 323. The molecule has 0 N–H and O–H groups in total. The Balaban J connectivity index is 2.23. The van der Waals surface area contributed by atoms with Gasteiger partial charge in [-0.25, -0.2) is 0 Å². The van der Waals surface area contributed by atoms with Crippen molar-refractivity contribution in [2.45, 2.75) is 26.0 Å². The molecule has 6 nitrogen and oxygen atoms in total. The quantitative estimate of drug-likeness (QED) is 0.505. The summed E-state index contributed by atoms with van der Waals surface area (Å²) >= 11 is 0. The van der Waals surface area contributed by atoms with Gasteiger partial charge in [0.15, 0.2) is 0 Å². The van der Waals surface area contributed by atoms with Gasteiger partial charge in [0.25, 0.3) is 0 Å². The average Bonchev–Trinajstić information content (AvgIpc) is 2.58. The molecule has 2 rings (SSSR count). The lowest BCUT2D eigenvalue weighted by Gasteiger charge is -2.01. The predicted octanol–water partition coefficient (Wildman–Crippen LogP) is 0.962. The monoisotopic (exact) mass is 183 g/mol. The Hall–Kier alpha value is -1.59. The Morgan fingerprint density at radius 1 is 1.92 bits per heavy atom. The van der Waals surface area contributed by atoms with Gasteiger partial charge in [-0.05, 0) is 11.3 Å². The number of hydrogen-bond donors (Lipinski definition) is 0. The summed E-state index contributed by atoms with van der Waals surface area (Å²) in [4.78, 5) is 13.5. The number of fused-ring (bicyclic) bond motifs is 1. The Morgan fingerprint density at radius 2 is 2.69 bits per heavy atom. The van der Waals surface area contributed by atoms with E-state index in [2.05, 4.69) is 4.98 Å². The number of imidazole rings is 1. The topological polar surface area (TPSA) is 70.2 Å². The maximum atomic E-state index is 10.3. The smallest absolute Gasteiger partial charge is 0.414 e. The second-order valence-electron chi connectivity index (χ2n) is 2.94. The van der Waals surface area contributed by atoms with Crippen molar-refractivity contribution in [3.8, 4) is 6.01 Å². The van der Waals surface area contributed by atoms with E-state index in [1.165, 1.54) is 6.20 Å². The van der Waals surface area contributed by atoms with E-state index in [1.807, 2.05) is 6.92 Å². The van der Waals surface area contributed by atoms with Gasteiger partial charge in [-0.15, -0.1) is 0 Å².